The Morgan fingerprint density at radius 3 is 2.14 bits per heavy atom. The van der Waals surface area contributed by atoms with Gasteiger partial charge in [0.25, 0.3) is 0 Å². The molecule has 0 atom stereocenters. The Morgan fingerprint density at radius 1 is 0.804 bits per heavy atom. The summed E-state index contributed by atoms with van der Waals surface area (Å²) in [4.78, 5) is 29.6. The Labute approximate surface area is 296 Å². The highest BCUT2D eigenvalue weighted by Gasteiger charge is 2.23. The first-order valence-corrected chi connectivity index (χ1v) is 17.6. The van der Waals surface area contributed by atoms with Gasteiger partial charge in [-0.1, -0.05) is 45.0 Å². The topological polar surface area (TPSA) is 177 Å². The number of rotatable bonds is 11. The molecule has 4 aromatic carbocycles. The number of aromatic carboxylic acids is 1. The van der Waals surface area contributed by atoms with Crippen LogP contribution in [0.25, 0.3) is 10.8 Å². The highest BCUT2D eigenvalue weighted by molar-refractivity contribution is 7.92. The van der Waals surface area contributed by atoms with Crippen LogP contribution < -0.4 is 34.9 Å². The number of benzene rings is 4. The van der Waals surface area contributed by atoms with Crippen LogP contribution in [0.1, 0.15) is 42.3 Å². The molecule has 266 valence electrons. The Kier molecular flexibility index (Phi) is 10.3. The van der Waals surface area contributed by atoms with Gasteiger partial charge in [-0.2, -0.15) is 0 Å². The number of pyridine rings is 1. The summed E-state index contributed by atoms with van der Waals surface area (Å²) in [5, 5.41) is 19.9. The summed E-state index contributed by atoms with van der Waals surface area (Å²) in [7, 11) is -0.787. The lowest BCUT2D eigenvalue weighted by molar-refractivity contribution is 0.0695. The fourth-order valence-electron chi connectivity index (χ4n) is 5.36. The number of fused-ring (bicyclic) bond motifs is 1. The second kappa shape index (κ2) is 14.5. The molecule has 2 amide bonds. The lowest BCUT2D eigenvalue weighted by Crippen LogP contribution is -2.22. The van der Waals surface area contributed by atoms with Gasteiger partial charge in [0.1, 0.15) is 23.1 Å². The molecule has 0 radical (unpaired) electrons. The van der Waals surface area contributed by atoms with E-state index in [0.717, 1.165) is 11.8 Å². The normalized spacial score (nSPS) is 11.4. The van der Waals surface area contributed by atoms with Crippen molar-refractivity contribution in [1.29, 1.82) is 0 Å². The minimum atomic E-state index is -3.64. The molecule has 0 aliphatic rings. The number of hydrogen-bond acceptors (Lipinski definition) is 9. The van der Waals surface area contributed by atoms with E-state index in [2.05, 4.69) is 25.7 Å². The van der Waals surface area contributed by atoms with Crippen molar-refractivity contribution in [2.75, 3.05) is 41.1 Å². The maximum Gasteiger partial charge on any atom is 0.336 e. The van der Waals surface area contributed by atoms with Crippen LogP contribution in [0.3, 0.4) is 0 Å². The summed E-state index contributed by atoms with van der Waals surface area (Å²) in [6.07, 6.45) is 2.61. The van der Waals surface area contributed by atoms with Crippen molar-refractivity contribution in [3.05, 3.63) is 95.7 Å². The third kappa shape index (κ3) is 8.59. The largest absolute Gasteiger partial charge is 0.497 e. The van der Waals surface area contributed by atoms with Gasteiger partial charge < -0.3 is 35.3 Å². The molecule has 0 unspecified atom stereocenters. The number of nitrogens with zero attached hydrogens (tertiary/aromatic N) is 1. The lowest BCUT2D eigenvalue weighted by atomic mass is 9.86. The number of carbonyl (C=O) groups is 2. The van der Waals surface area contributed by atoms with E-state index < -0.39 is 22.0 Å². The number of urea groups is 1. The molecule has 0 fully saturated rings. The van der Waals surface area contributed by atoms with E-state index in [-0.39, 0.29) is 28.1 Å². The van der Waals surface area contributed by atoms with Crippen LogP contribution >= 0.6 is 0 Å². The van der Waals surface area contributed by atoms with Gasteiger partial charge in [0.15, 0.2) is 5.75 Å². The summed E-state index contributed by atoms with van der Waals surface area (Å²) in [5.41, 5.74) is 2.51. The molecule has 13 nitrogen and oxygen atoms in total. The first kappa shape index (κ1) is 36.3. The molecular formula is C37H39N5O8S. The third-order valence-electron chi connectivity index (χ3n) is 7.90. The van der Waals surface area contributed by atoms with Crippen molar-refractivity contribution in [3.63, 3.8) is 0 Å². The minimum Gasteiger partial charge on any atom is -0.497 e. The zero-order chi connectivity index (χ0) is 37.1. The number of aromatic nitrogens is 1. The van der Waals surface area contributed by atoms with E-state index in [1.807, 2.05) is 45.0 Å². The fraction of sp³-hybridized carbons (Fsp3) is 0.216. The summed E-state index contributed by atoms with van der Waals surface area (Å²) in [5.74, 6) is 0.850. The monoisotopic (exact) mass is 713 g/mol. The van der Waals surface area contributed by atoms with Crippen molar-refractivity contribution in [1.82, 2.24) is 4.98 Å². The predicted molar refractivity (Wildman–Crippen MR) is 199 cm³/mol. The zero-order valence-electron chi connectivity index (χ0n) is 29.2. The molecule has 1 aromatic heterocycles. The zero-order valence-corrected chi connectivity index (χ0v) is 30.0. The quantitative estimate of drug-likeness (QED) is 0.0898. The molecule has 5 rings (SSSR count). The number of ether oxygens (including phenoxy) is 3. The molecule has 0 saturated carbocycles. The van der Waals surface area contributed by atoms with E-state index >= 15 is 0 Å². The molecule has 14 heteroatoms. The lowest BCUT2D eigenvalue weighted by Gasteiger charge is -2.24. The van der Waals surface area contributed by atoms with Gasteiger partial charge in [-0.05, 0) is 59.9 Å². The standard InChI is InChI=1S/C37H39N5O8S/c1-21-27(35(43)44)18-24(48-5)19-29(21)39-33-20-23(14-15-38-33)50-32-13-12-28(25-10-8-9-11-26(25)32)40-36(45)41-30-16-22(37(2,3)4)17-31(34(30)49-6)42-51(7,46)47/h8-20,42H,1-7H3,(H,38,39)(H,43,44)(H2,40,41,45). The Balaban J connectivity index is 1.41. The minimum absolute atomic E-state index is 0.101. The van der Waals surface area contributed by atoms with Crippen LogP contribution in [0, 0.1) is 6.92 Å². The first-order valence-electron chi connectivity index (χ1n) is 15.7. The van der Waals surface area contributed by atoms with Crippen molar-refractivity contribution in [2.24, 2.45) is 0 Å². The van der Waals surface area contributed by atoms with Crippen molar-refractivity contribution < 1.29 is 37.3 Å². The maximum absolute atomic E-state index is 13.4. The molecule has 51 heavy (non-hydrogen) atoms. The van der Waals surface area contributed by atoms with E-state index in [0.29, 0.717) is 50.8 Å². The number of methoxy groups -OCH3 is 2. The van der Waals surface area contributed by atoms with Crippen LogP contribution in [0.15, 0.2) is 79.0 Å². The van der Waals surface area contributed by atoms with Crippen LogP contribution in [-0.2, 0) is 15.4 Å². The second-order valence-electron chi connectivity index (χ2n) is 12.7. The molecule has 1 heterocycles. The van der Waals surface area contributed by atoms with E-state index in [9.17, 15) is 23.1 Å². The van der Waals surface area contributed by atoms with Crippen molar-refractivity contribution in [3.8, 4) is 23.0 Å². The average Bonchev–Trinajstić information content (AvgIpc) is 3.05. The molecule has 0 saturated heterocycles. The van der Waals surface area contributed by atoms with Gasteiger partial charge in [0.2, 0.25) is 10.0 Å². The summed E-state index contributed by atoms with van der Waals surface area (Å²) >= 11 is 0. The Morgan fingerprint density at radius 2 is 1.49 bits per heavy atom. The number of nitrogens with one attached hydrogen (secondary N) is 4. The molecule has 5 aromatic rings. The van der Waals surface area contributed by atoms with Gasteiger partial charge in [-0.3, -0.25) is 4.72 Å². The molecule has 5 N–H and O–H groups in total. The molecular weight excluding hydrogens is 675 g/mol. The van der Waals surface area contributed by atoms with Crippen LogP contribution in [0.5, 0.6) is 23.0 Å². The number of hydrogen-bond donors (Lipinski definition) is 5. The molecule has 0 bridgehead atoms. The number of amides is 2. The number of carboxylic acid groups (broad SMARTS) is 1. The first-order chi connectivity index (χ1) is 24.1. The average molecular weight is 714 g/mol. The van der Waals surface area contributed by atoms with Crippen LogP contribution in [0.4, 0.5) is 33.4 Å². The number of carboxylic acids is 1. The highest BCUT2D eigenvalue weighted by atomic mass is 32.2. The van der Waals surface area contributed by atoms with Gasteiger partial charge in [-0.15, -0.1) is 0 Å². The molecule has 0 spiro atoms. The number of carbonyl (C=O) groups excluding carboxylic acids is 1. The van der Waals surface area contributed by atoms with Crippen molar-refractivity contribution in [2.45, 2.75) is 33.1 Å². The Bertz CT molecular complexity index is 2250. The van der Waals surface area contributed by atoms with E-state index in [4.69, 9.17) is 14.2 Å². The van der Waals surface area contributed by atoms with Crippen LogP contribution in [-0.4, -0.2) is 51.0 Å². The highest BCUT2D eigenvalue weighted by Crippen LogP contribution is 2.40. The van der Waals surface area contributed by atoms with E-state index in [1.165, 1.54) is 20.3 Å². The molecule has 0 aliphatic heterocycles. The predicted octanol–water partition coefficient (Wildman–Crippen LogP) is 8.11. The van der Waals surface area contributed by atoms with Crippen LogP contribution in [0.2, 0.25) is 0 Å². The number of sulfonamides is 1. The van der Waals surface area contributed by atoms with E-state index in [1.54, 1.807) is 55.6 Å². The van der Waals surface area contributed by atoms with Crippen molar-refractivity contribution >= 4 is 61.4 Å². The second-order valence-corrected chi connectivity index (χ2v) is 14.5. The van der Waals surface area contributed by atoms with Gasteiger partial charge in [0, 0.05) is 34.8 Å². The summed E-state index contributed by atoms with van der Waals surface area (Å²) in [6.45, 7) is 7.61. The summed E-state index contributed by atoms with van der Waals surface area (Å²) in [6, 6.07) is 20.2. The Hall–Kier alpha value is -6.02. The smallest absolute Gasteiger partial charge is 0.336 e. The van der Waals surface area contributed by atoms with Gasteiger partial charge >= 0.3 is 12.0 Å². The summed E-state index contributed by atoms with van der Waals surface area (Å²) < 4.78 is 43.8. The van der Waals surface area contributed by atoms with Gasteiger partial charge in [0.05, 0.1) is 43.1 Å². The SMILES string of the molecule is COc1cc(Nc2cc(Oc3ccc(NC(=O)Nc4cc(C(C)(C)C)cc(NS(C)(=O)=O)c4OC)c4ccccc34)ccn2)c(C)c(C(=O)O)c1. The molecule has 0 aliphatic carbocycles. The fourth-order valence-corrected chi connectivity index (χ4v) is 5.91. The third-order valence-corrected chi connectivity index (χ3v) is 8.49. The number of anilines is 5. The maximum atomic E-state index is 13.4. The van der Waals surface area contributed by atoms with Gasteiger partial charge in [-0.25, -0.2) is 23.0 Å².